The van der Waals surface area contributed by atoms with Crippen molar-refractivity contribution in [3.05, 3.63) is 11.1 Å². The van der Waals surface area contributed by atoms with Gasteiger partial charge in [-0.1, -0.05) is 13.8 Å². The molecule has 0 aromatic carbocycles. The average Bonchev–Trinajstić information content (AvgIpc) is 2.21. The first-order valence-corrected chi connectivity index (χ1v) is 4.38. The predicted octanol–water partition coefficient (Wildman–Crippen LogP) is 1.27. The Morgan fingerprint density at radius 1 is 1.62 bits per heavy atom. The maximum absolute atomic E-state index is 11.4. The fourth-order valence-corrected chi connectivity index (χ4v) is 1.98. The molecule has 0 saturated heterocycles. The number of rotatable bonds is 1. The van der Waals surface area contributed by atoms with E-state index < -0.39 is 6.10 Å². The summed E-state index contributed by atoms with van der Waals surface area (Å²) < 4.78 is 4.68. The van der Waals surface area contributed by atoms with Gasteiger partial charge in [0.25, 0.3) is 0 Å². The summed E-state index contributed by atoms with van der Waals surface area (Å²) in [6.45, 7) is 5.67. The molecule has 0 aromatic heterocycles. The van der Waals surface area contributed by atoms with Crippen LogP contribution >= 0.6 is 0 Å². The zero-order chi connectivity index (χ0) is 10.2. The van der Waals surface area contributed by atoms with Crippen LogP contribution in [0.4, 0.5) is 0 Å². The highest BCUT2D eigenvalue weighted by molar-refractivity contribution is 5.91. The summed E-state index contributed by atoms with van der Waals surface area (Å²) >= 11 is 0. The minimum atomic E-state index is -0.496. The van der Waals surface area contributed by atoms with Gasteiger partial charge in [-0.05, 0) is 24.3 Å². The molecule has 1 aliphatic rings. The molecule has 0 bridgehead atoms. The monoisotopic (exact) mass is 184 g/mol. The zero-order valence-corrected chi connectivity index (χ0v) is 8.55. The highest BCUT2D eigenvalue weighted by atomic mass is 16.5. The number of hydrogen-bond acceptors (Lipinski definition) is 3. The number of aliphatic hydroxyl groups is 1. The molecule has 1 rings (SSSR count). The summed E-state index contributed by atoms with van der Waals surface area (Å²) in [5, 5.41) is 9.58. The highest BCUT2D eigenvalue weighted by Crippen LogP contribution is 2.42. The molecule has 1 N–H and O–H groups in total. The summed E-state index contributed by atoms with van der Waals surface area (Å²) in [6.07, 6.45) is 0.104. The quantitative estimate of drug-likeness (QED) is 0.624. The Hall–Kier alpha value is -0.830. The van der Waals surface area contributed by atoms with Crippen LogP contribution in [0.15, 0.2) is 11.1 Å². The van der Waals surface area contributed by atoms with Crippen molar-refractivity contribution in [1.82, 2.24) is 0 Å². The lowest BCUT2D eigenvalue weighted by molar-refractivity contribution is -0.137. The number of carbonyl (C=O) groups is 1. The fraction of sp³-hybridized carbons (Fsp3) is 0.700. The molecule has 0 amide bonds. The first-order chi connectivity index (χ1) is 5.90. The molecule has 0 aromatic rings. The zero-order valence-electron chi connectivity index (χ0n) is 8.55. The van der Waals surface area contributed by atoms with Crippen molar-refractivity contribution in [2.45, 2.75) is 33.3 Å². The molecular weight excluding hydrogens is 168 g/mol. The summed E-state index contributed by atoms with van der Waals surface area (Å²) in [6, 6.07) is 0. The van der Waals surface area contributed by atoms with Crippen LogP contribution in [0, 0.1) is 5.41 Å². The second-order valence-electron chi connectivity index (χ2n) is 4.15. The summed E-state index contributed by atoms with van der Waals surface area (Å²) in [4.78, 5) is 11.4. The predicted molar refractivity (Wildman–Crippen MR) is 49.1 cm³/mol. The van der Waals surface area contributed by atoms with Gasteiger partial charge in [-0.15, -0.1) is 0 Å². The van der Waals surface area contributed by atoms with Crippen LogP contribution in [-0.4, -0.2) is 24.3 Å². The van der Waals surface area contributed by atoms with E-state index in [9.17, 15) is 9.90 Å². The lowest BCUT2D eigenvalue weighted by Gasteiger charge is -2.20. The second kappa shape index (κ2) is 3.14. The van der Waals surface area contributed by atoms with E-state index in [0.29, 0.717) is 12.0 Å². The number of hydrogen-bond donors (Lipinski definition) is 1. The van der Waals surface area contributed by atoms with Gasteiger partial charge >= 0.3 is 5.97 Å². The molecule has 0 fully saturated rings. The van der Waals surface area contributed by atoms with Crippen molar-refractivity contribution in [1.29, 1.82) is 0 Å². The maximum atomic E-state index is 11.4. The average molecular weight is 184 g/mol. The molecule has 3 nitrogen and oxygen atoms in total. The van der Waals surface area contributed by atoms with E-state index in [0.717, 1.165) is 5.57 Å². The second-order valence-corrected chi connectivity index (χ2v) is 4.15. The van der Waals surface area contributed by atoms with Crippen LogP contribution < -0.4 is 0 Å². The molecule has 1 unspecified atom stereocenters. The standard InChI is InChI=1S/C10H16O3/c1-6-7(11)5-10(2,3)8(6)9(12)13-4/h7,11H,5H2,1-4H3. The van der Waals surface area contributed by atoms with E-state index in [1.165, 1.54) is 7.11 Å². The fourth-order valence-electron chi connectivity index (χ4n) is 1.98. The molecule has 0 aliphatic heterocycles. The lowest BCUT2D eigenvalue weighted by Crippen LogP contribution is -2.19. The number of esters is 1. The smallest absolute Gasteiger partial charge is 0.334 e. The van der Waals surface area contributed by atoms with Crippen molar-refractivity contribution in [2.75, 3.05) is 7.11 Å². The van der Waals surface area contributed by atoms with Gasteiger partial charge < -0.3 is 9.84 Å². The van der Waals surface area contributed by atoms with Crippen LogP contribution in [0.25, 0.3) is 0 Å². The van der Waals surface area contributed by atoms with Gasteiger partial charge in [0.05, 0.1) is 13.2 Å². The van der Waals surface area contributed by atoms with Crippen molar-refractivity contribution in [3.8, 4) is 0 Å². The summed E-state index contributed by atoms with van der Waals surface area (Å²) in [5.74, 6) is -0.320. The van der Waals surface area contributed by atoms with E-state index in [1.807, 2.05) is 13.8 Å². The third kappa shape index (κ3) is 1.61. The third-order valence-electron chi connectivity index (χ3n) is 2.66. The van der Waals surface area contributed by atoms with Crippen LogP contribution in [0.2, 0.25) is 0 Å². The molecule has 0 spiro atoms. The molecular formula is C10H16O3. The Morgan fingerprint density at radius 3 is 2.46 bits per heavy atom. The van der Waals surface area contributed by atoms with Gasteiger partial charge in [0.1, 0.15) is 0 Å². The number of aliphatic hydroxyl groups excluding tert-OH is 1. The Bertz CT molecular complexity index is 263. The molecule has 0 saturated carbocycles. The van der Waals surface area contributed by atoms with Crippen molar-refractivity contribution < 1.29 is 14.6 Å². The molecule has 0 heterocycles. The normalized spacial score (nSPS) is 26.4. The Morgan fingerprint density at radius 2 is 2.15 bits per heavy atom. The van der Waals surface area contributed by atoms with Gasteiger partial charge in [-0.25, -0.2) is 4.79 Å². The van der Waals surface area contributed by atoms with E-state index in [2.05, 4.69) is 4.74 Å². The Kier molecular flexibility index (Phi) is 2.48. The first kappa shape index (κ1) is 10.3. The van der Waals surface area contributed by atoms with Gasteiger partial charge in [-0.2, -0.15) is 0 Å². The van der Waals surface area contributed by atoms with Crippen molar-refractivity contribution >= 4 is 5.97 Å². The minimum Gasteiger partial charge on any atom is -0.466 e. The topological polar surface area (TPSA) is 46.5 Å². The van der Waals surface area contributed by atoms with Gasteiger partial charge in [-0.3, -0.25) is 0 Å². The van der Waals surface area contributed by atoms with Crippen molar-refractivity contribution in [3.63, 3.8) is 0 Å². The van der Waals surface area contributed by atoms with E-state index in [1.54, 1.807) is 6.92 Å². The van der Waals surface area contributed by atoms with Gasteiger partial charge in [0.2, 0.25) is 0 Å². The van der Waals surface area contributed by atoms with E-state index in [4.69, 9.17) is 0 Å². The molecule has 1 atom stereocenters. The van der Waals surface area contributed by atoms with Crippen LogP contribution in [0.3, 0.4) is 0 Å². The highest BCUT2D eigenvalue weighted by Gasteiger charge is 2.40. The maximum Gasteiger partial charge on any atom is 0.334 e. The van der Waals surface area contributed by atoms with E-state index >= 15 is 0 Å². The van der Waals surface area contributed by atoms with Crippen LogP contribution in [0.1, 0.15) is 27.2 Å². The SMILES string of the molecule is COC(=O)C1=C(C)C(O)CC1(C)C. The molecule has 74 valence electrons. The molecule has 0 radical (unpaired) electrons. The van der Waals surface area contributed by atoms with Crippen LogP contribution in [0.5, 0.6) is 0 Å². The minimum absolute atomic E-state index is 0.267. The molecule has 1 aliphatic carbocycles. The summed E-state index contributed by atoms with van der Waals surface area (Å²) in [5.41, 5.74) is 1.11. The van der Waals surface area contributed by atoms with Gasteiger partial charge in [0.15, 0.2) is 0 Å². The Labute approximate surface area is 78.4 Å². The first-order valence-electron chi connectivity index (χ1n) is 4.38. The number of carbonyl (C=O) groups excluding carboxylic acids is 1. The Balaban J connectivity index is 3.08. The summed E-state index contributed by atoms with van der Waals surface area (Å²) in [7, 11) is 1.36. The van der Waals surface area contributed by atoms with Crippen LogP contribution in [-0.2, 0) is 9.53 Å². The van der Waals surface area contributed by atoms with Gasteiger partial charge in [0, 0.05) is 5.57 Å². The lowest BCUT2D eigenvalue weighted by atomic mass is 9.85. The largest absolute Gasteiger partial charge is 0.466 e. The van der Waals surface area contributed by atoms with Crippen molar-refractivity contribution in [2.24, 2.45) is 5.41 Å². The van der Waals surface area contributed by atoms with E-state index in [-0.39, 0.29) is 11.4 Å². The number of methoxy groups -OCH3 is 1. The number of ether oxygens (including phenoxy) is 1. The third-order valence-corrected chi connectivity index (χ3v) is 2.66. The molecule has 13 heavy (non-hydrogen) atoms. The molecule has 3 heteroatoms.